The number of nitriles is 1. The Bertz CT molecular complexity index is 1360. The van der Waals surface area contributed by atoms with Crippen molar-refractivity contribution in [2.75, 3.05) is 14.2 Å². The molecule has 0 bridgehead atoms. The molecule has 1 aromatic heterocycles. The van der Waals surface area contributed by atoms with Gasteiger partial charge in [-0.05, 0) is 35.4 Å². The average Bonchev–Trinajstić information content (AvgIpc) is 3.25. The van der Waals surface area contributed by atoms with Crippen molar-refractivity contribution in [3.8, 4) is 23.4 Å². The zero-order valence-corrected chi connectivity index (χ0v) is 20.2. The Kier molecular flexibility index (Phi) is 7.05. The summed E-state index contributed by atoms with van der Waals surface area (Å²) in [7, 11) is 2.81. The van der Waals surface area contributed by atoms with Crippen molar-refractivity contribution in [3.63, 3.8) is 0 Å². The summed E-state index contributed by atoms with van der Waals surface area (Å²) in [6, 6.07) is 12.6. The maximum Gasteiger partial charge on any atom is 0.311 e. The number of rotatable bonds is 7. The molecule has 0 saturated heterocycles. The number of hydrogen-bond donors (Lipinski definition) is 2. The number of aromatic nitrogens is 2. The van der Waals surface area contributed by atoms with Gasteiger partial charge in [-0.3, -0.25) is 9.89 Å². The number of allylic oxidation sites excluding steroid dienone is 1. The highest BCUT2D eigenvalue weighted by molar-refractivity contribution is 6.42. The first kappa shape index (κ1) is 24.3. The second kappa shape index (κ2) is 10.2. The Balaban J connectivity index is 1.74. The first-order valence-electron chi connectivity index (χ1n) is 10.3. The molecule has 1 atom stereocenters. The molecule has 2 aromatic carbocycles. The van der Waals surface area contributed by atoms with E-state index in [0.717, 1.165) is 5.56 Å². The highest BCUT2D eigenvalue weighted by atomic mass is 35.5. The van der Waals surface area contributed by atoms with Crippen LogP contribution in [0.2, 0.25) is 10.0 Å². The summed E-state index contributed by atoms with van der Waals surface area (Å²) in [6.45, 7) is 0.193. The number of hydrogen-bond acceptors (Lipinski definition) is 8. The number of carbonyl (C=O) groups excluding carboxylic acids is 1. The Morgan fingerprint density at radius 3 is 2.69 bits per heavy atom. The quantitative estimate of drug-likeness (QED) is 0.447. The summed E-state index contributed by atoms with van der Waals surface area (Å²) in [6.07, 6.45) is -0.0891. The summed E-state index contributed by atoms with van der Waals surface area (Å²) in [5.41, 5.74) is 8.63. The molecule has 180 valence electrons. The van der Waals surface area contributed by atoms with E-state index in [1.807, 2.05) is 0 Å². The SMILES string of the molecule is COC(=O)Cc1[nH]nc2c1[C@H](c1ccc(OC)c(OCc3ccc(Cl)c(Cl)c3)c1)C(C#N)=C(N)O2. The minimum Gasteiger partial charge on any atom is -0.493 e. The van der Waals surface area contributed by atoms with E-state index in [-0.39, 0.29) is 30.4 Å². The maximum atomic E-state index is 12.0. The average molecular weight is 515 g/mol. The van der Waals surface area contributed by atoms with Gasteiger partial charge in [-0.15, -0.1) is 5.10 Å². The molecule has 0 radical (unpaired) electrons. The number of ether oxygens (including phenoxy) is 4. The lowest BCUT2D eigenvalue weighted by Crippen LogP contribution is -2.22. The summed E-state index contributed by atoms with van der Waals surface area (Å²) in [5.74, 6) is -0.122. The number of benzene rings is 2. The molecule has 11 heteroatoms. The van der Waals surface area contributed by atoms with E-state index < -0.39 is 11.9 Å². The van der Waals surface area contributed by atoms with Crippen LogP contribution in [0.1, 0.15) is 28.3 Å². The fraction of sp³-hybridized carbons (Fsp3) is 0.208. The molecule has 3 N–H and O–H groups in total. The third-order valence-electron chi connectivity index (χ3n) is 5.47. The third kappa shape index (κ3) is 4.85. The van der Waals surface area contributed by atoms with E-state index in [9.17, 15) is 10.1 Å². The molecular formula is C24H20Cl2N4O5. The number of halogens is 2. The van der Waals surface area contributed by atoms with Gasteiger partial charge in [-0.25, -0.2) is 0 Å². The van der Waals surface area contributed by atoms with Crippen LogP contribution in [0.5, 0.6) is 17.4 Å². The van der Waals surface area contributed by atoms with E-state index in [4.69, 9.17) is 47.9 Å². The van der Waals surface area contributed by atoms with Gasteiger partial charge in [0, 0.05) is 0 Å². The van der Waals surface area contributed by atoms with Crippen molar-refractivity contribution in [1.82, 2.24) is 10.2 Å². The van der Waals surface area contributed by atoms with E-state index in [1.165, 1.54) is 14.2 Å². The van der Waals surface area contributed by atoms with Crippen LogP contribution < -0.4 is 19.9 Å². The van der Waals surface area contributed by atoms with Gasteiger partial charge in [-0.2, -0.15) is 5.26 Å². The van der Waals surface area contributed by atoms with Gasteiger partial charge >= 0.3 is 5.97 Å². The molecule has 0 aliphatic carbocycles. The minimum absolute atomic E-state index is 0.0739. The molecule has 1 aliphatic rings. The second-order valence-electron chi connectivity index (χ2n) is 7.55. The van der Waals surface area contributed by atoms with Gasteiger partial charge < -0.3 is 24.7 Å². The number of methoxy groups -OCH3 is 2. The predicted molar refractivity (Wildman–Crippen MR) is 127 cm³/mol. The molecule has 0 fully saturated rings. The number of nitrogens with zero attached hydrogens (tertiary/aromatic N) is 2. The number of fused-ring (bicyclic) bond motifs is 1. The molecule has 0 spiro atoms. The Morgan fingerprint density at radius 1 is 1.20 bits per heavy atom. The topological polar surface area (TPSA) is 132 Å². The molecular weight excluding hydrogens is 495 g/mol. The third-order valence-corrected chi connectivity index (χ3v) is 6.21. The summed E-state index contributed by atoms with van der Waals surface area (Å²) in [5, 5.41) is 17.7. The zero-order chi connectivity index (χ0) is 25.1. The van der Waals surface area contributed by atoms with E-state index in [2.05, 4.69) is 16.3 Å². The standard InChI is InChI=1S/C24H20Cl2N4O5/c1-32-18-6-4-13(8-19(18)34-11-12-3-5-15(25)16(26)7-12)21-14(10-27)23(28)35-24-22(21)17(29-30-24)9-20(31)33-2/h3-8,21H,9,11,28H2,1-2H3,(H,29,30)/t21-/m1/s1. The monoisotopic (exact) mass is 514 g/mol. The number of carbonyl (C=O) groups is 1. The molecule has 9 nitrogen and oxygen atoms in total. The fourth-order valence-corrected chi connectivity index (χ4v) is 4.09. The fourth-order valence-electron chi connectivity index (χ4n) is 3.77. The number of H-pyrrole nitrogens is 1. The van der Waals surface area contributed by atoms with Crippen molar-refractivity contribution in [1.29, 1.82) is 5.26 Å². The van der Waals surface area contributed by atoms with Gasteiger partial charge in [0.1, 0.15) is 18.2 Å². The maximum absolute atomic E-state index is 12.0. The van der Waals surface area contributed by atoms with Gasteiger partial charge in [0.25, 0.3) is 0 Å². The van der Waals surface area contributed by atoms with E-state index in [1.54, 1.807) is 36.4 Å². The van der Waals surface area contributed by atoms with Crippen LogP contribution in [0.15, 0.2) is 47.9 Å². The van der Waals surface area contributed by atoms with Crippen LogP contribution in [0.3, 0.4) is 0 Å². The Hall–Kier alpha value is -3.87. The highest BCUT2D eigenvalue weighted by Crippen LogP contribution is 2.45. The zero-order valence-electron chi connectivity index (χ0n) is 18.7. The summed E-state index contributed by atoms with van der Waals surface area (Å²) < 4.78 is 21.8. The Morgan fingerprint density at radius 2 is 2.00 bits per heavy atom. The number of aromatic amines is 1. The normalized spacial score (nSPS) is 14.5. The van der Waals surface area contributed by atoms with Gasteiger partial charge in [0.05, 0.1) is 47.9 Å². The van der Waals surface area contributed by atoms with Crippen molar-refractivity contribution < 1.29 is 23.7 Å². The Labute approximate surface area is 210 Å². The summed E-state index contributed by atoms with van der Waals surface area (Å²) >= 11 is 12.1. The predicted octanol–water partition coefficient (Wildman–Crippen LogP) is 4.24. The number of nitrogens with one attached hydrogen (secondary N) is 1. The highest BCUT2D eigenvalue weighted by Gasteiger charge is 2.36. The van der Waals surface area contributed by atoms with Crippen LogP contribution >= 0.6 is 23.2 Å². The van der Waals surface area contributed by atoms with Crippen LogP contribution in [0, 0.1) is 11.3 Å². The van der Waals surface area contributed by atoms with Crippen molar-refractivity contribution in [2.45, 2.75) is 18.9 Å². The van der Waals surface area contributed by atoms with Crippen LogP contribution in [-0.4, -0.2) is 30.4 Å². The van der Waals surface area contributed by atoms with E-state index in [0.29, 0.717) is 38.4 Å². The van der Waals surface area contributed by atoms with Crippen LogP contribution in [0.25, 0.3) is 0 Å². The molecule has 35 heavy (non-hydrogen) atoms. The first-order chi connectivity index (χ1) is 16.9. The lowest BCUT2D eigenvalue weighted by molar-refractivity contribution is -0.139. The smallest absolute Gasteiger partial charge is 0.311 e. The van der Waals surface area contributed by atoms with Crippen LogP contribution in [-0.2, 0) is 22.6 Å². The molecule has 1 aliphatic heterocycles. The lowest BCUT2D eigenvalue weighted by Gasteiger charge is -2.24. The van der Waals surface area contributed by atoms with Crippen molar-refractivity contribution in [2.24, 2.45) is 5.73 Å². The first-order valence-corrected chi connectivity index (χ1v) is 11.1. The second-order valence-corrected chi connectivity index (χ2v) is 8.36. The lowest BCUT2D eigenvalue weighted by atomic mass is 9.83. The van der Waals surface area contributed by atoms with Gasteiger partial charge in [0.15, 0.2) is 11.5 Å². The van der Waals surface area contributed by atoms with Gasteiger partial charge in [-0.1, -0.05) is 35.3 Å². The van der Waals surface area contributed by atoms with Crippen LogP contribution in [0.4, 0.5) is 0 Å². The number of nitrogens with two attached hydrogens (primary N) is 1. The molecule has 3 aromatic rings. The van der Waals surface area contributed by atoms with Crippen molar-refractivity contribution >= 4 is 29.2 Å². The number of esters is 1. The van der Waals surface area contributed by atoms with Gasteiger partial charge in [0.2, 0.25) is 11.8 Å². The molecule has 4 rings (SSSR count). The largest absolute Gasteiger partial charge is 0.493 e. The molecule has 2 heterocycles. The molecule has 0 saturated carbocycles. The summed E-state index contributed by atoms with van der Waals surface area (Å²) in [4.78, 5) is 12.0. The molecule has 0 amide bonds. The van der Waals surface area contributed by atoms with E-state index >= 15 is 0 Å². The van der Waals surface area contributed by atoms with Crippen molar-refractivity contribution in [3.05, 3.63) is 80.3 Å². The minimum atomic E-state index is -0.666. The molecule has 0 unspecified atom stereocenters.